The monoisotopic (exact) mass is 581 g/mol. The van der Waals surface area contributed by atoms with E-state index < -0.39 is 23.9 Å². The SMILES string of the molecule is CCOC(=O)c1ccccc1-c1ccc(CN(C(=O)c2ccc(Cl)cc2Cl)[C@@H](Cc2ccccc2)C(=O)O)s1. The van der Waals surface area contributed by atoms with Crippen LogP contribution in [0.3, 0.4) is 0 Å². The summed E-state index contributed by atoms with van der Waals surface area (Å²) in [5, 5.41) is 10.7. The summed E-state index contributed by atoms with van der Waals surface area (Å²) in [5.74, 6) is -2.09. The molecule has 0 aliphatic rings. The van der Waals surface area contributed by atoms with Gasteiger partial charge in [0.2, 0.25) is 0 Å². The summed E-state index contributed by atoms with van der Waals surface area (Å²) < 4.78 is 5.20. The Morgan fingerprint density at radius 2 is 1.64 bits per heavy atom. The van der Waals surface area contributed by atoms with Gasteiger partial charge in [0.05, 0.1) is 29.3 Å². The summed E-state index contributed by atoms with van der Waals surface area (Å²) in [6.07, 6.45) is 0.108. The van der Waals surface area contributed by atoms with E-state index in [2.05, 4.69) is 0 Å². The molecule has 0 saturated heterocycles. The number of aliphatic carboxylic acids is 1. The number of hydrogen-bond donors (Lipinski definition) is 1. The highest BCUT2D eigenvalue weighted by Gasteiger charge is 2.32. The van der Waals surface area contributed by atoms with Crippen LogP contribution >= 0.6 is 34.5 Å². The molecule has 0 radical (unpaired) electrons. The van der Waals surface area contributed by atoms with Crippen molar-refractivity contribution >= 4 is 52.4 Å². The van der Waals surface area contributed by atoms with Crippen LogP contribution < -0.4 is 0 Å². The van der Waals surface area contributed by atoms with Gasteiger partial charge in [-0.1, -0.05) is 71.7 Å². The average molecular weight is 583 g/mol. The minimum atomic E-state index is -1.16. The van der Waals surface area contributed by atoms with E-state index in [4.69, 9.17) is 27.9 Å². The van der Waals surface area contributed by atoms with Gasteiger partial charge in [0, 0.05) is 26.8 Å². The lowest BCUT2D eigenvalue weighted by Crippen LogP contribution is -2.46. The topological polar surface area (TPSA) is 83.9 Å². The summed E-state index contributed by atoms with van der Waals surface area (Å²) in [4.78, 5) is 41.7. The second-order valence-electron chi connectivity index (χ2n) is 8.63. The molecule has 0 spiro atoms. The van der Waals surface area contributed by atoms with E-state index in [9.17, 15) is 19.5 Å². The van der Waals surface area contributed by atoms with Gasteiger partial charge in [0.1, 0.15) is 6.04 Å². The van der Waals surface area contributed by atoms with E-state index in [1.54, 1.807) is 25.1 Å². The number of nitrogens with zero attached hydrogens (tertiary/aromatic N) is 1. The molecule has 0 aliphatic heterocycles. The summed E-state index contributed by atoms with van der Waals surface area (Å²) in [6, 6.07) is 23.3. The van der Waals surface area contributed by atoms with Gasteiger partial charge in [0.15, 0.2) is 0 Å². The molecule has 0 saturated carbocycles. The number of rotatable bonds is 10. The highest BCUT2D eigenvalue weighted by Crippen LogP contribution is 2.33. The number of amides is 1. The van der Waals surface area contributed by atoms with E-state index in [0.717, 1.165) is 15.3 Å². The number of esters is 1. The van der Waals surface area contributed by atoms with Crippen LogP contribution in [-0.2, 0) is 22.5 Å². The molecule has 1 heterocycles. The predicted octanol–water partition coefficient (Wildman–Crippen LogP) is 7.24. The number of carbonyl (C=O) groups is 3. The molecule has 6 nitrogen and oxygen atoms in total. The Kier molecular flexibility index (Phi) is 9.41. The smallest absolute Gasteiger partial charge is 0.338 e. The van der Waals surface area contributed by atoms with Crippen LogP contribution in [0.4, 0.5) is 0 Å². The van der Waals surface area contributed by atoms with Crippen molar-refractivity contribution in [2.45, 2.75) is 25.9 Å². The molecule has 1 N–H and O–H groups in total. The molecule has 4 rings (SSSR count). The number of carboxylic acids is 1. The molecular weight excluding hydrogens is 557 g/mol. The van der Waals surface area contributed by atoms with Crippen molar-refractivity contribution in [1.82, 2.24) is 4.90 Å². The molecule has 4 aromatic rings. The van der Waals surface area contributed by atoms with Crippen LogP contribution in [0.1, 0.15) is 38.1 Å². The molecule has 9 heteroatoms. The fourth-order valence-corrected chi connectivity index (χ4v) is 5.71. The quantitative estimate of drug-likeness (QED) is 0.199. The maximum absolute atomic E-state index is 13.8. The molecule has 1 amide bonds. The summed E-state index contributed by atoms with van der Waals surface area (Å²) >= 11 is 13.8. The molecule has 1 atom stereocenters. The van der Waals surface area contributed by atoms with Crippen LogP contribution in [0, 0.1) is 0 Å². The average Bonchev–Trinajstić information content (AvgIpc) is 3.39. The van der Waals surface area contributed by atoms with Gasteiger partial charge in [-0.3, -0.25) is 4.79 Å². The van der Waals surface area contributed by atoms with Crippen molar-refractivity contribution in [1.29, 1.82) is 0 Å². The number of hydrogen-bond acceptors (Lipinski definition) is 5. The van der Waals surface area contributed by atoms with Gasteiger partial charge in [-0.25, -0.2) is 9.59 Å². The third kappa shape index (κ3) is 6.87. The normalized spacial score (nSPS) is 11.6. The van der Waals surface area contributed by atoms with E-state index >= 15 is 0 Å². The first kappa shape index (κ1) is 28.4. The van der Waals surface area contributed by atoms with Crippen molar-refractivity contribution in [3.8, 4) is 10.4 Å². The maximum Gasteiger partial charge on any atom is 0.338 e. The number of thiophene rings is 1. The van der Waals surface area contributed by atoms with Crippen molar-refractivity contribution in [2.75, 3.05) is 6.61 Å². The van der Waals surface area contributed by atoms with Crippen LogP contribution in [-0.4, -0.2) is 40.5 Å². The van der Waals surface area contributed by atoms with Gasteiger partial charge >= 0.3 is 11.9 Å². The minimum absolute atomic E-state index is 0.0217. The molecule has 3 aromatic carbocycles. The lowest BCUT2D eigenvalue weighted by Gasteiger charge is -2.29. The van der Waals surface area contributed by atoms with Crippen molar-refractivity contribution in [3.05, 3.63) is 117 Å². The van der Waals surface area contributed by atoms with Crippen molar-refractivity contribution < 1.29 is 24.2 Å². The molecule has 39 heavy (non-hydrogen) atoms. The Morgan fingerprint density at radius 1 is 0.923 bits per heavy atom. The molecular formula is C30H25Cl2NO5S. The molecule has 200 valence electrons. The zero-order valence-electron chi connectivity index (χ0n) is 21.0. The summed E-state index contributed by atoms with van der Waals surface area (Å²) in [6.45, 7) is 2.02. The Labute approximate surface area is 240 Å². The fourth-order valence-electron chi connectivity index (χ4n) is 4.17. The summed E-state index contributed by atoms with van der Waals surface area (Å²) in [7, 11) is 0. The maximum atomic E-state index is 13.8. The molecule has 0 unspecified atom stereocenters. The first-order valence-electron chi connectivity index (χ1n) is 12.2. The molecule has 0 fully saturated rings. The van der Waals surface area contributed by atoms with E-state index in [1.807, 2.05) is 54.6 Å². The Morgan fingerprint density at radius 3 is 2.33 bits per heavy atom. The van der Waals surface area contributed by atoms with E-state index in [-0.39, 0.29) is 30.2 Å². The minimum Gasteiger partial charge on any atom is -0.480 e. The first-order valence-corrected chi connectivity index (χ1v) is 13.7. The number of halogens is 2. The fraction of sp³-hybridized carbons (Fsp3) is 0.167. The zero-order valence-corrected chi connectivity index (χ0v) is 23.3. The lowest BCUT2D eigenvalue weighted by atomic mass is 10.0. The number of ether oxygens (including phenoxy) is 1. The zero-order chi connectivity index (χ0) is 27.9. The standard InChI is InChI=1S/C30H25Cl2NO5S/c1-2-38-30(37)23-11-7-6-10-22(23)27-15-13-21(39-27)18-33(28(34)24-14-12-20(31)17-25(24)32)26(29(35)36)16-19-8-4-3-5-9-19/h3-15,17,26H,2,16,18H2,1H3,(H,35,36)/t26-/m0/s1. The number of carbonyl (C=O) groups excluding carboxylic acids is 2. The van der Waals surface area contributed by atoms with Crippen molar-refractivity contribution in [3.63, 3.8) is 0 Å². The predicted molar refractivity (Wildman–Crippen MR) is 154 cm³/mol. The van der Waals surface area contributed by atoms with Crippen LogP contribution in [0.5, 0.6) is 0 Å². The Hall–Kier alpha value is -3.65. The Balaban J connectivity index is 1.71. The van der Waals surface area contributed by atoms with Gasteiger partial charge < -0.3 is 14.7 Å². The second kappa shape index (κ2) is 12.9. The second-order valence-corrected chi connectivity index (χ2v) is 10.6. The lowest BCUT2D eigenvalue weighted by molar-refractivity contribution is -0.142. The third-order valence-electron chi connectivity index (χ3n) is 6.03. The van der Waals surface area contributed by atoms with Crippen LogP contribution in [0.25, 0.3) is 10.4 Å². The number of carboxylic acid groups (broad SMARTS) is 1. The molecule has 1 aromatic heterocycles. The van der Waals surface area contributed by atoms with Crippen molar-refractivity contribution in [2.24, 2.45) is 0 Å². The van der Waals surface area contributed by atoms with Gasteiger partial charge in [-0.2, -0.15) is 0 Å². The van der Waals surface area contributed by atoms with Gasteiger partial charge in [-0.05, 0) is 48.9 Å². The van der Waals surface area contributed by atoms with Gasteiger partial charge in [0.25, 0.3) is 5.91 Å². The third-order valence-corrected chi connectivity index (χ3v) is 7.68. The Bertz CT molecular complexity index is 1490. The highest BCUT2D eigenvalue weighted by molar-refractivity contribution is 7.15. The van der Waals surface area contributed by atoms with Gasteiger partial charge in [-0.15, -0.1) is 11.3 Å². The molecule has 0 aliphatic carbocycles. The van der Waals surface area contributed by atoms with E-state index in [1.165, 1.54) is 28.4 Å². The van der Waals surface area contributed by atoms with E-state index in [0.29, 0.717) is 16.1 Å². The highest BCUT2D eigenvalue weighted by atomic mass is 35.5. The first-order chi connectivity index (χ1) is 18.8. The largest absolute Gasteiger partial charge is 0.480 e. The molecule has 0 bridgehead atoms. The van der Waals surface area contributed by atoms with Crippen LogP contribution in [0.15, 0.2) is 84.9 Å². The number of benzene rings is 3. The summed E-state index contributed by atoms with van der Waals surface area (Å²) in [5.41, 5.74) is 2.07. The van der Waals surface area contributed by atoms with Crippen LogP contribution in [0.2, 0.25) is 10.0 Å².